The predicted octanol–water partition coefficient (Wildman–Crippen LogP) is 4.81. The fourth-order valence-corrected chi connectivity index (χ4v) is 4.80. The van der Waals surface area contributed by atoms with Gasteiger partial charge in [0.25, 0.3) is 10.0 Å². The second kappa shape index (κ2) is 10.1. The zero-order chi connectivity index (χ0) is 24.2. The lowest BCUT2D eigenvalue weighted by Crippen LogP contribution is -2.38. The van der Waals surface area contributed by atoms with Crippen molar-refractivity contribution in [3.05, 3.63) is 76.8 Å². The number of ether oxygens (including phenoxy) is 2. The highest BCUT2D eigenvalue weighted by Gasteiger charge is 2.28. The number of carbonyl (C=O) groups is 1. The molecule has 0 unspecified atom stereocenters. The zero-order valence-electron chi connectivity index (χ0n) is 18.8. The van der Waals surface area contributed by atoms with E-state index in [1.807, 2.05) is 26.0 Å². The van der Waals surface area contributed by atoms with Crippen molar-refractivity contribution in [2.24, 2.45) is 0 Å². The number of aryl methyl sites for hydroxylation is 1. The number of nitrogens with zero attached hydrogens (tertiary/aromatic N) is 1. The Morgan fingerprint density at radius 3 is 2.27 bits per heavy atom. The largest absolute Gasteiger partial charge is 0.493 e. The molecule has 1 amide bonds. The molecule has 3 rings (SSSR count). The second-order valence-electron chi connectivity index (χ2n) is 7.30. The second-order valence-corrected chi connectivity index (χ2v) is 9.60. The van der Waals surface area contributed by atoms with Gasteiger partial charge in [0, 0.05) is 16.8 Å². The maximum atomic E-state index is 13.6. The first kappa shape index (κ1) is 24.4. The van der Waals surface area contributed by atoms with Crippen molar-refractivity contribution < 1.29 is 22.7 Å². The first-order valence-electron chi connectivity index (χ1n) is 10.0. The van der Waals surface area contributed by atoms with Gasteiger partial charge in [0.2, 0.25) is 5.91 Å². The molecule has 0 heterocycles. The molecule has 0 spiro atoms. The van der Waals surface area contributed by atoms with Crippen molar-refractivity contribution in [1.29, 1.82) is 0 Å². The molecule has 0 fully saturated rings. The van der Waals surface area contributed by atoms with E-state index in [9.17, 15) is 13.2 Å². The summed E-state index contributed by atoms with van der Waals surface area (Å²) < 4.78 is 38.7. The molecule has 9 heteroatoms. The van der Waals surface area contributed by atoms with Crippen LogP contribution in [0.2, 0.25) is 5.02 Å². The molecule has 174 valence electrons. The maximum absolute atomic E-state index is 13.6. The highest BCUT2D eigenvalue weighted by molar-refractivity contribution is 7.92. The number of benzene rings is 3. The Hall–Kier alpha value is -3.23. The molecule has 0 radical (unpaired) electrons. The lowest BCUT2D eigenvalue weighted by molar-refractivity contribution is -0.114. The van der Waals surface area contributed by atoms with Gasteiger partial charge in [-0.1, -0.05) is 23.7 Å². The van der Waals surface area contributed by atoms with Gasteiger partial charge in [-0.2, -0.15) is 0 Å². The standard InChI is InChI=1S/C24H25ClN2O5S/c1-16-6-5-7-21(17(16)2)26-24(28)15-27(19-10-8-18(25)9-11-19)33(29,30)20-12-13-22(31-3)23(14-20)32-4/h5-14H,15H2,1-4H3,(H,26,28). The van der Waals surface area contributed by atoms with E-state index in [-0.39, 0.29) is 10.6 Å². The summed E-state index contributed by atoms with van der Waals surface area (Å²) in [5.74, 6) is 0.166. The lowest BCUT2D eigenvalue weighted by Gasteiger charge is -2.25. The van der Waals surface area contributed by atoms with Crippen LogP contribution in [-0.2, 0) is 14.8 Å². The SMILES string of the molecule is COc1ccc(S(=O)(=O)N(CC(=O)Nc2cccc(C)c2C)c2ccc(Cl)cc2)cc1OC. The number of carbonyl (C=O) groups excluding carboxylic acids is 1. The predicted molar refractivity (Wildman–Crippen MR) is 130 cm³/mol. The van der Waals surface area contributed by atoms with Crippen molar-refractivity contribution in [1.82, 2.24) is 0 Å². The van der Waals surface area contributed by atoms with Crippen molar-refractivity contribution in [2.45, 2.75) is 18.7 Å². The third-order valence-electron chi connectivity index (χ3n) is 5.22. The highest BCUT2D eigenvalue weighted by Crippen LogP contribution is 2.32. The van der Waals surface area contributed by atoms with E-state index in [1.165, 1.54) is 32.4 Å². The Labute approximate surface area is 198 Å². The molecule has 33 heavy (non-hydrogen) atoms. The molecule has 0 aliphatic rings. The quantitative estimate of drug-likeness (QED) is 0.492. The van der Waals surface area contributed by atoms with Gasteiger partial charge in [-0.3, -0.25) is 9.10 Å². The summed E-state index contributed by atoms with van der Waals surface area (Å²) in [5.41, 5.74) is 2.84. The lowest BCUT2D eigenvalue weighted by atomic mass is 10.1. The molecule has 0 aliphatic carbocycles. The minimum atomic E-state index is -4.14. The van der Waals surface area contributed by atoms with Gasteiger partial charge in [0.1, 0.15) is 6.54 Å². The molecule has 0 aromatic heterocycles. The minimum absolute atomic E-state index is 0.0466. The van der Waals surface area contributed by atoms with Crippen LogP contribution in [-0.4, -0.2) is 35.1 Å². The third-order valence-corrected chi connectivity index (χ3v) is 7.25. The summed E-state index contributed by atoms with van der Waals surface area (Å²) >= 11 is 5.99. The van der Waals surface area contributed by atoms with Gasteiger partial charge < -0.3 is 14.8 Å². The van der Waals surface area contributed by atoms with Crippen molar-refractivity contribution in [3.8, 4) is 11.5 Å². The molecule has 3 aromatic carbocycles. The van der Waals surface area contributed by atoms with E-state index in [2.05, 4.69) is 5.32 Å². The summed E-state index contributed by atoms with van der Waals surface area (Å²) in [4.78, 5) is 12.9. The summed E-state index contributed by atoms with van der Waals surface area (Å²) in [6.45, 7) is 3.39. The smallest absolute Gasteiger partial charge is 0.264 e. The van der Waals surface area contributed by atoms with Crippen LogP contribution in [0.25, 0.3) is 0 Å². The van der Waals surface area contributed by atoms with Crippen LogP contribution in [0.5, 0.6) is 11.5 Å². The number of nitrogens with one attached hydrogen (secondary N) is 1. The Morgan fingerprint density at radius 2 is 1.64 bits per heavy atom. The molecule has 1 N–H and O–H groups in total. The van der Waals surface area contributed by atoms with E-state index in [4.69, 9.17) is 21.1 Å². The molecule has 0 bridgehead atoms. The van der Waals surface area contributed by atoms with Crippen LogP contribution >= 0.6 is 11.6 Å². The number of methoxy groups -OCH3 is 2. The van der Waals surface area contributed by atoms with E-state index < -0.39 is 22.5 Å². The Bertz CT molecular complexity index is 1260. The first-order chi connectivity index (χ1) is 15.7. The Balaban J connectivity index is 2.00. The Kier molecular flexibility index (Phi) is 7.50. The number of anilines is 2. The molecule has 0 aliphatic heterocycles. The first-order valence-corrected chi connectivity index (χ1v) is 11.9. The number of amides is 1. The monoisotopic (exact) mass is 488 g/mol. The van der Waals surface area contributed by atoms with Gasteiger partial charge in [0.05, 0.1) is 24.8 Å². The number of hydrogen-bond donors (Lipinski definition) is 1. The molecular formula is C24H25ClN2O5S. The van der Waals surface area contributed by atoms with Crippen molar-refractivity contribution >= 4 is 38.9 Å². The molecule has 0 atom stereocenters. The van der Waals surface area contributed by atoms with Crippen LogP contribution < -0.4 is 19.1 Å². The maximum Gasteiger partial charge on any atom is 0.264 e. The number of rotatable bonds is 8. The third kappa shape index (κ3) is 5.40. The van der Waals surface area contributed by atoms with Crippen molar-refractivity contribution in [2.75, 3.05) is 30.4 Å². The normalized spacial score (nSPS) is 11.1. The topological polar surface area (TPSA) is 84.9 Å². The number of sulfonamides is 1. The van der Waals surface area contributed by atoms with Gasteiger partial charge in [-0.25, -0.2) is 8.42 Å². The zero-order valence-corrected chi connectivity index (χ0v) is 20.3. The molecule has 3 aromatic rings. The van der Waals surface area contributed by atoms with Crippen molar-refractivity contribution in [3.63, 3.8) is 0 Å². The number of hydrogen-bond acceptors (Lipinski definition) is 5. The van der Waals surface area contributed by atoms with Crippen LogP contribution in [0.3, 0.4) is 0 Å². The number of halogens is 1. The van der Waals surface area contributed by atoms with E-state index in [1.54, 1.807) is 30.3 Å². The van der Waals surface area contributed by atoms with Gasteiger partial charge in [0.15, 0.2) is 11.5 Å². The molecule has 0 saturated carbocycles. The van der Waals surface area contributed by atoms with E-state index in [0.717, 1.165) is 15.4 Å². The molecule has 0 saturated heterocycles. The van der Waals surface area contributed by atoms with Crippen LogP contribution in [0.4, 0.5) is 11.4 Å². The average molecular weight is 489 g/mol. The fraction of sp³-hybridized carbons (Fsp3) is 0.208. The molecular weight excluding hydrogens is 464 g/mol. The average Bonchev–Trinajstić information content (AvgIpc) is 2.80. The van der Waals surface area contributed by atoms with Crippen LogP contribution in [0.15, 0.2) is 65.6 Å². The van der Waals surface area contributed by atoms with Gasteiger partial charge in [-0.05, 0) is 67.4 Å². The van der Waals surface area contributed by atoms with Crippen LogP contribution in [0, 0.1) is 13.8 Å². The molecule has 7 nitrogen and oxygen atoms in total. The summed E-state index contributed by atoms with van der Waals surface area (Å²) in [6, 6.07) is 16.0. The van der Waals surface area contributed by atoms with Gasteiger partial charge in [-0.15, -0.1) is 0 Å². The highest BCUT2D eigenvalue weighted by atomic mass is 35.5. The van der Waals surface area contributed by atoms with Gasteiger partial charge >= 0.3 is 0 Å². The summed E-state index contributed by atoms with van der Waals surface area (Å²) in [5, 5.41) is 3.26. The van der Waals surface area contributed by atoms with E-state index >= 15 is 0 Å². The Morgan fingerprint density at radius 1 is 0.970 bits per heavy atom. The van der Waals surface area contributed by atoms with E-state index in [0.29, 0.717) is 22.1 Å². The summed E-state index contributed by atoms with van der Waals surface area (Å²) in [6.07, 6.45) is 0. The fourth-order valence-electron chi connectivity index (χ4n) is 3.23. The van der Waals surface area contributed by atoms with Crippen LogP contribution in [0.1, 0.15) is 11.1 Å². The minimum Gasteiger partial charge on any atom is -0.493 e. The summed E-state index contributed by atoms with van der Waals surface area (Å²) in [7, 11) is -1.25.